The Kier molecular flexibility index (Phi) is 5.64. The summed E-state index contributed by atoms with van der Waals surface area (Å²) in [7, 11) is 1.99. The first-order chi connectivity index (χ1) is 17.9. The molecule has 0 aliphatic carbocycles. The fraction of sp³-hybridized carbons (Fsp3) is 0.286. The zero-order chi connectivity index (χ0) is 25.8. The number of aromatic amines is 1. The van der Waals surface area contributed by atoms with E-state index in [2.05, 4.69) is 40.5 Å². The van der Waals surface area contributed by atoms with Crippen LogP contribution in [0.5, 0.6) is 0 Å². The van der Waals surface area contributed by atoms with E-state index < -0.39 is 0 Å². The molecule has 0 unspecified atom stereocenters. The van der Waals surface area contributed by atoms with E-state index in [0.29, 0.717) is 18.1 Å². The molecule has 1 aromatic carbocycles. The molecule has 1 fully saturated rings. The highest BCUT2D eigenvalue weighted by Gasteiger charge is 2.29. The maximum absolute atomic E-state index is 12.1. The first kappa shape index (κ1) is 23.5. The minimum Gasteiger partial charge on any atom is -0.339 e. The van der Waals surface area contributed by atoms with Gasteiger partial charge in [0, 0.05) is 65.7 Å². The van der Waals surface area contributed by atoms with Gasteiger partial charge >= 0.3 is 0 Å². The minimum atomic E-state index is -0.0202. The van der Waals surface area contributed by atoms with E-state index in [9.17, 15) is 4.79 Å². The monoisotopic (exact) mass is 513 g/mol. The summed E-state index contributed by atoms with van der Waals surface area (Å²) >= 11 is 7.01. The molecule has 1 N–H and O–H groups in total. The molecule has 0 saturated carbocycles. The number of hydrogen-bond donors (Lipinski definition) is 1. The highest BCUT2D eigenvalue weighted by atomic mass is 35.5. The van der Waals surface area contributed by atoms with Crippen molar-refractivity contribution in [1.82, 2.24) is 34.4 Å². The molecule has 9 heteroatoms. The quantitative estimate of drug-likeness (QED) is 0.317. The molecule has 0 atom stereocenters. The van der Waals surface area contributed by atoms with Crippen LogP contribution in [0.1, 0.15) is 30.1 Å². The molecule has 0 bridgehead atoms. The number of piperidine rings is 1. The van der Waals surface area contributed by atoms with Gasteiger partial charge in [0.25, 0.3) is 0 Å². The van der Waals surface area contributed by atoms with Crippen LogP contribution in [-0.4, -0.2) is 53.4 Å². The zero-order valence-electron chi connectivity index (χ0n) is 21.1. The standard InChI is InChI=1S/C28H28ClN7O/c1-5-23(37)35-10-7-20(8-11-35)36-17(3)24(25-21-15-31-32-22(21)12-16(2)26(25)29)27(33-36)19-13-18-6-9-34(4)28(18)30-14-19/h5-6,9,12-15,20H,1,7-8,10-11H2,2-4H3,(H,31,32). The first-order valence-corrected chi connectivity index (χ1v) is 12.8. The van der Waals surface area contributed by atoms with Crippen molar-refractivity contribution in [3.63, 3.8) is 0 Å². The van der Waals surface area contributed by atoms with E-state index in [1.807, 2.05) is 48.1 Å². The van der Waals surface area contributed by atoms with Crippen molar-refractivity contribution in [3.05, 3.63) is 65.7 Å². The number of fused-ring (bicyclic) bond motifs is 2. The summed E-state index contributed by atoms with van der Waals surface area (Å²) in [6.45, 7) is 9.09. The van der Waals surface area contributed by atoms with Gasteiger partial charge in [-0.25, -0.2) is 4.98 Å². The number of H-pyrrole nitrogens is 1. The minimum absolute atomic E-state index is 0.0202. The van der Waals surface area contributed by atoms with Crippen molar-refractivity contribution in [1.29, 1.82) is 0 Å². The summed E-state index contributed by atoms with van der Waals surface area (Å²) in [4.78, 5) is 18.7. The second-order valence-electron chi connectivity index (χ2n) is 9.79. The summed E-state index contributed by atoms with van der Waals surface area (Å²) in [6, 6.07) is 6.39. The highest BCUT2D eigenvalue weighted by molar-refractivity contribution is 6.36. The highest BCUT2D eigenvalue weighted by Crippen LogP contribution is 2.44. The Balaban J connectivity index is 1.55. The Morgan fingerprint density at radius 1 is 1.19 bits per heavy atom. The van der Waals surface area contributed by atoms with Gasteiger partial charge in [-0.3, -0.25) is 14.6 Å². The third-order valence-electron chi connectivity index (χ3n) is 7.54. The molecule has 5 aromatic rings. The molecular formula is C28H28ClN7O. The number of nitrogens with one attached hydrogen (secondary N) is 1. The molecule has 4 aromatic heterocycles. The van der Waals surface area contributed by atoms with Crippen LogP contribution >= 0.6 is 11.6 Å². The largest absolute Gasteiger partial charge is 0.339 e. The van der Waals surface area contributed by atoms with Crippen LogP contribution in [0, 0.1) is 13.8 Å². The van der Waals surface area contributed by atoms with Crippen LogP contribution in [-0.2, 0) is 11.8 Å². The van der Waals surface area contributed by atoms with Crippen molar-refractivity contribution in [2.24, 2.45) is 7.05 Å². The number of likely N-dealkylation sites (tertiary alicyclic amines) is 1. The third kappa shape index (κ3) is 3.74. The molecule has 0 spiro atoms. The summed E-state index contributed by atoms with van der Waals surface area (Å²) in [5, 5.41) is 15.3. The molecule has 1 amide bonds. The molecule has 0 radical (unpaired) electrons. The fourth-order valence-corrected chi connectivity index (χ4v) is 5.82. The third-order valence-corrected chi connectivity index (χ3v) is 8.03. The van der Waals surface area contributed by atoms with Gasteiger partial charge in [-0.05, 0) is 56.5 Å². The van der Waals surface area contributed by atoms with E-state index in [0.717, 1.165) is 68.4 Å². The Labute approximate surface area is 219 Å². The lowest BCUT2D eigenvalue weighted by Crippen LogP contribution is -2.38. The van der Waals surface area contributed by atoms with Crippen LogP contribution in [0.2, 0.25) is 5.02 Å². The van der Waals surface area contributed by atoms with Gasteiger partial charge in [0.15, 0.2) is 0 Å². The van der Waals surface area contributed by atoms with E-state index in [-0.39, 0.29) is 11.9 Å². The van der Waals surface area contributed by atoms with Crippen LogP contribution in [0.3, 0.4) is 0 Å². The predicted molar refractivity (Wildman–Crippen MR) is 147 cm³/mol. The average molecular weight is 514 g/mol. The van der Waals surface area contributed by atoms with Gasteiger partial charge in [0.1, 0.15) is 11.3 Å². The maximum atomic E-state index is 12.1. The normalized spacial score (nSPS) is 14.6. The van der Waals surface area contributed by atoms with E-state index >= 15 is 0 Å². The van der Waals surface area contributed by atoms with Crippen LogP contribution in [0.15, 0.2) is 49.4 Å². The Morgan fingerprint density at radius 3 is 2.73 bits per heavy atom. The van der Waals surface area contributed by atoms with Gasteiger partial charge in [-0.1, -0.05) is 18.2 Å². The number of pyridine rings is 1. The number of carbonyl (C=O) groups excluding carboxylic acids is 1. The lowest BCUT2D eigenvalue weighted by Gasteiger charge is -2.32. The molecule has 6 rings (SSSR count). The lowest BCUT2D eigenvalue weighted by molar-refractivity contribution is -0.127. The molecule has 188 valence electrons. The number of aryl methyl sites for hydroxylation is 2. The van der Waals surface area contributed by atoms with Crippen LogP contribution in [0.25, 0.3) is 44.3 Å². The zero-order valence-corrected chi connectivity index (χ0v) is 21.9. The molecule has 1 saturated heterocycles. The van der Waals surface area contributed by atoms with Gasteiger partial charge in [-0.2, -0.15) is 10.2 Å². The number of nitrogens with zero attached hydrogens (tertiary/aromatic N) is 6. The van der Waals surface area contributed by atoms with Crippen molar-refractivity contribution in [2.45, 2.75) is 32.7 Å². The number of hydrogen-bond acceptors (Lipinski definition) is 4. The molecular weight excluding hydrogens is 486 g/mol. The van der Waals surface area contributed by atoms with Gasteiger partial charge < -0.3 is 9.47 Å². The average Bonchev–Trinajstić information content (AvgIpc) is 3.62. The van der Waals surface area contributed by atoms with Gasteiger partial charge in [-0.15, -0.1) is 0 Å². The molecule has 1 aliphatic heterocycles. The summed E-state index contributed by atoms with van der Waals surface area (Å²) in [6.07, 6.45) is 8.75. The second kappa shape index (κ2) is 8.88. The number of benzene rings is 1. The van der Waals surface area contributed by atoms with Crippen LogP contribution < -0.4 is 0 Å². The first-order valence-electron chi connectivity index (χ1n) is 12.4. The second-order valence-corrected chi connectivity index (χ2v) is 10.2. The maximum Gasteiger partial charge on any atom is 0.245 e. The molecule has 8 nitrogen and oxygen atoms in total. The van der Waals surface area contributed by atoms with Crippen LogP contribution in [0.4, 0.5) is 0 Å². The van der Waals surface area contributed by atoms with Gasteiger partial charge in [0.2, 0.25) is 5.91 Å². The number of halogens is 1. The number of amides is 1. The lowest BCUT2D eigenvalue weighted by atomic mass is 9.95. The Morgan fingerprint density at radius 2 is 1.97 bits per heavy atom. The smallest absolute Gasteiger partial charge is 0.245 e. The van der Waals surface area contributed by atoms with Crippen molar-refractivity contribution < 1.29 is 4.79 Å². The number of aromatic nitrogens is 6. The number of carbonyl (C=O) groups is 1. The number of rotatable bonds is 4. The predicted octanol–water partition coefficient (Wildman–Crippen LogP) is 5.60. The topological polar surface area (TPSA) is 84.6 Å². The van der Waals surface area contributed by atoms with E-state index in [1.165, 1.54) is 6.08 Å². The van der Waals surface area contributed by atoms with E-state index in [4.69, 9.17) is 21.7 Å². The molecule has 1 aliphatic rings. The fourth-order valence-electron chi connectivity index (χ4n) is 5.56. The van der Waals surface area contributed by atoms with Gasteiger partial charge in [0.05, 0.1) is 22.8 Å². The Hall–Kier alpha value is -3.91. The summed E-state index contributed by atoms with van der Waals surface area (Å²) in [5.41, 5.74) is 7.55. The van der Waals surface area contributed by atoms with E-state index in [1.54, 1.807) is 0 Å². The van der Waals surface area contributed by atoms with Crippen molar-refractivity contribution >= 4 is 39.4 Å². The SMILES string of the molecule is C=CC(=O)N1CCC(n2nc(-c3cnc4c(ccn4C)c3)c(-c3c(Cl)c(C)cc4[nH]ncc34)c2C)CC1. The van der Waals surface area contributed by atoms with Crippen molar-refractivity contribution in [2.75, 3.05) is 13.1 Å². The molecule has 37 heavy (non-hydrogen) atoms. The summed E-state index contributed by atoms with van der Waals surface area (Å²) < 4.78 is 4.13. The summed E-state index contributed by atoms with van der Waals surface area (Å²) in [5.74, 6) is -0.0202. The Bertz CT molecular complexity index is 1680. The van der Waals surface area contributed by atoms with Crippen molar-refractivity contribution in [3.8, 4) is 22.4 Å². The molecule has 5 heterocycles.